The summed E-state index contributed by atoms with van der Waals surface area (Å²) in [5.41, 5.74) is 3.82. The van der Waals surface area contributed by atoms with Crippen LogP contribution in [0.25, 0.3) is 0 Å². The van der Waals surface area contributed by atoms with Gasteiger partial charge >= 0.3 is 0 Å². The third kappa shape index (κ3) is 3.57. The molecule has 30 heavy (non-hydrogen) atoms. The first-order valence-corrected chi connectivity index (χ1v) is 10.2. The van der Waals surface area contributed by atoms with Crippen molar-refractivity contribution in [2.75, 3.05) is 5.32 Å². The van der Waals surface area contributed by atoms with E-state index in [1.54, 1.807) is 36.0 Å². The second-order valence-corrected chi connectivity index (χ2v) is 8.25. The van der Waals surface area contributed by atoms with Crippen LogP contribution in [0.3, 0.4) is 0 Å². The second kappa shape index (κ2) is 7.78. The van der Waals surface area contributed by atoms with E-state index in [0.29, 0.717) is 21.4 Å². The molecule has 0 fully saturated rings. The van der Waals surface area contributed by atoms with Crippen LogP contribution in [0, 0.1) is 13.8 Å². The second-order valence-electron chi connectivity index (χ2n) is 7.43. The number of nitrogens with zero attached hydrogens (tertiary/aromatic N) is 2. The van der Waals surface area contributed by atoms with Crippen LogP contribution >= 0.6 is 23.2 Å². The SMILES string of the molecule is Cc1cccc(C(=O)N[C@@H]2C(=O)Nc3c(c(C)nn3C)[C@H]2c2ccc(Cl)c(Cl)c2)c1. The van der Waals surface area contributed by atoms with Gasteiger partial charge < -0.3 is 10.6 Å². The highest BCUT2D eigenvalue weighted by Crippen LogP contribution is 2.40. The topological polar surface area (TPSA) is 76.0 Å². The monoisotopic (exact) mass is 442 g/mol. The first-order chi connectivity index (χ1) is 14.3. The fraction of sp³-hybridized carbons (Fsp3) is 0.227. The van der Waals surface area contributed by atoms with Gasteiger partial charge in [-0.2, -0.15) is 5.10 Å². The highest BCUT2D eigenvalue weighted by atomic mass is 35.5. The van der Waals surface area contributed by atoms with Gasteiger partial charge in [0.1, 0.15) is 11.9 Å². The van der Waals surface area contributed by atoms with Crippen molar-refractivity contribution in [2.24, 2.45) is 7.05 Å². The Balaban J connectivity index is 1.80. The Labute approximate surface area is 184 Å². The Kier molecular flexibility index (Phi) is 5.30. The summed E-state index contributed by atoms with van der Waals surface area (Å²) in [5, 5.41) is 11.0. The maximum atomic E-state index is 13.1. The number of carbonyl (C=O) groups excluding carboxylic acids is 2. The standard InChI is InChI=1S/C22H20Cl2N4O2/c1-11-5-4-6-14(9-11)21(29)25-19-18(13-7-8-15(23)16(24)10-13)17-12(2)27-28(3)20(17)26-22(19)30/h4-10,18-19H,1-3H3,(H,25,29)(H,26,30)/t18-,19+/m1/s1. The molecule has 1 aromatic heterocycles. The van der Waals surface area contributed by atoms with E-state index in [-0.39, 0.29) is 11.8 Å². The van der Waals surface area contributed by atoms with Crippen LogP contribution in [-0.4, -0.2) is 27.6 Å². The van der Waals surface area contributed by atoms with Crippen molar-refractivity contribution in [3.8, 4) is 0 Å². The number of nitrogens with one attached hydrogen (secondary N) is 2. The first-order valence-electron chi connectivity index (χ1n) is 9.43. The van der Waals surface area contributed by atoms with Crippen molar-refractivity contribution in [1.29, 1.82) is 0 Å². The van der Waals surface area contributed by atoms with Crippen molar-refractivity contribution in [2.45, 2.75) is 25.8 Å². The lowest BCUT2D eigenvalue weighted by molar-refractivity contribution is -0.118. The number of hydrogen-bond acceptors (Lipinski definition) is 3. The molecule has 1 aliphatic rings. The van der Waals surface area contributed by atoms with E-state index in [1.807, 2.05) is 32.0 Å². The number of amides is 2. The molecule has 0 aliphatic carbocycles. The van der Waals surface area contributed by atoms with Gasteiger partial charge in [-0.05, 0) is 43.7 Å². The molecule has 0 saturated heterocycles. The number of benzene rings is 2. The fourth-order valence-corrected chi connectivity index (χ4v) is 4.24. The minimum atomic E-state index is -0.842. The molecule has 0 saturated carbocycles. The van der Waals surface area contributed by atoms with Crippen molar-refractivity contribution < 1.29 is 9.59 Å². The number of fused-ring (bicyclic) bond motifs is 1. The smallest absolute Gasteiger partial charge is 0.251 e. The van der Waals surface area contributed by atoms with Gasteiger partial charge in [-0.1, -0.05) is 47.0 Å². The zero-order chi connectivity index (χ0) is 21.6. The van der Waals surface area contributed by atoms with E-state index < -0.39 is 12.0 Å². The summed E-state index contributed by atoms with van der Waals surface area (Å²) in [5.74, 6) is -0.503. The summed E-state index contributed by atoms with van der Waals surface area (Å²) < 4.78 is 1.63. The number of carbonyl (C=O) groups is 2. The van der Waals surface area contributed by atoms with E-state index in [0.717, 1.165) is 22.4 Å². The number of anilines is 1. The minimum absolute atomic E-state index is 0.317. The third-order valence-electron chi connectivity index (χ3n) is 5.31. The van der Waals surface area contributed by atoms with E-state index >= 15 is 0 Å². The molecule has 4 rings (SSSR count). The summed E-state index contributed by atoms with van der Waals surface area (Å²) in [4.78, 5) is 26.0. The molecule has 3 aromatic rings. The zero-order valence-electron chi connectivity index (χ0n) is 16.7. The van der Waals surface area contributed by atoms with E-state index in [2.05, 4.69) is 15.7 Å². The largest absolute Gasteiger partial charge is 0.339 e. The van der Waals surface area contributed by atoms with Gasteiger partial charge in [0.15, 0.2) is 0 Å². The van der Waals surface area contributed by atoms with E-state index in [9.17, 15) is 9.59 Å². The van der Waals surface area contributed by atoms with Gasteiger partial charge in [0.2, 0.25) is 5.91 Å². The minimum Gasteiger partial charge on any atom is -0.339 e. The zero-order valence-corrected chi connectivity index (χ0v) is 18.2. The predicted octanol–water partition coefficient (Wildman–Crippen LogP) is 4.23. The van der Waals surface area contributed by atoms with Gasteiger partial charge in [0.05, 0.1) is 15.7 Å². The van der Waals surface area contributed by atoms with Crippen LogP contribution in [0.5, 0.6) is 0 Å². The van der Waals surface area contributed by atoms with E-state index in [4.69, 9.17) is 23.2 Å². The summed E-state index contributed by atoms with van der Waals surface area (Å²) >= 11 is 12.4. The molecular weight excluding hydrogens is 423 g/mol. The molecular formula is C22H20Cl2N4O2. The van der Waals surface area contributed by atoms with Crippen molar-refractivity contribution >= 4 is 40.8 Å². The average Bonchev–Trinajstić information content (AvgIpc) is 2.98. The van der Waals surface area contributed by atoms with Crippen LogP contribution in [0.15, 0.2) is 42.5 Å². The van der Waals surface area contributed by atoms with Gasteiger partial charge in [0, 0.05) is 24.1 Å². The maximum Gasteiger partial charge on any atom is 0.251 e. The van der Waals surface area contributed by atoms with Gasteiger partial charge in [-0.3, -0.25) is 14.3 Å². The fourth-order valence-electron chi connectivity index (χ4n) is 3.93. The van der Waals surface area contributed by atoms with Crippen LogP contribution < -0.4 is 10.6 Å². The summed E-state index contributed by atoms with van der Waals surface area (Å²) in [7, 11) is 1.77. The molecule has 2 heterocycles. The number of aromatic nitrogens is 2. The molecule has 1 aliphatic heterocycles. The Morgan fingerprint density at radius 1 is 1.13 bits per heavy atom. The third-order valence-corrected chi connectivity index (χ3v) is 6.05. The normalized spacial score (nSPS) is 18.0. The number of halogens is 2. The molecule has 0 bridgehead atoms. The molecule has 2 N–H and O–H groups in total. The van der Waals surface area contributed by atoms with Crippen LogP contribution in [0.1, 0.15) is 38.7 Å². The Hall–Kier alpha value is -2.83. The molecule has 0 radical (unpaired) electrons. The molecule has 2 aromatic carbocycles. The van der Waals surface area contributed by atoms with Gasteiger partial charge in [-0.25, -0.2) is 0 Å². The molecule has 0 unspecified atom stereocenters. The Morgan fingerprint density at radius 3 is 2.60 bits per heavy atom. The number of rotatable bonds is 3. The summed E-state index contributed by atoms with van der Waals surface area (Å²) in [6.45, 7) is 3.79. The number of aryl methyl sites for hydroxylation is 3. The number of hydrogen-bond donors (Lipinski definition) is 2. The van der Waals surface area contributed by atoms with Gasteiger partial charge in [0.25, 0.3) is 5.91 Å². The quantitative estimate of drug-likeness (QED) is 0.637. The lowest BCUT2D eigenvalue weighted by atomic mass is 9.82. The molecule has 0 spiro atoms. The molecule has 6 nitrogen and oxygen atoms in total. The van der Waals surface area contributed by atoms with Crippen LogP contribution in [0.2, 0.25) is 10.0 Å². The Morgan fingerprint density at radius 2 is 1.90 bits per heavy atom. The predicted molar refractivity (Wildman–Crippen MR) is 117 cm³/mol. The maximum absolute atomic E-state index is 13.1. The van der Waals surface area contributed by atoms with Gasteiger partial charge in [-0.15, -0.1) is 0 Å². The van der Waals surface area contributed by atoms with E-state index in [1.165, 1.54) is 0 Å². The summed E-state index contributed by atoms with van der Waals surface area (Å²) in [6.07, 6.45) is 0. The highest BCUT2D eigenvalue weighted by molar-refractivity contribution is 6.42. The van der Waals surface area contributed by atoms with Crippen molar-refractivity contribution in [3.05, 3.63) is 80.5 Å². The molecule has 2 amide bonds. The molecule has 2 atom stereocenters. The van der Waals surface area contributed by atoms with Crippen molar-refractivity contribution in [3.63, 3.8) is 0 Å². The molecule has 8 heteroatoms. The first kappa shape index (κ1) is 20.4. The Bertz CT molecular complexity index is 1170. The lowest BCUT2D eigenvalue weighted by Crippen LogP contribution is -2.50. The van der Waals surface area contributed by atoms with Crippen LogP contribution in [0.4, 0.5) is 5.82 Å². The summed E-state index contributed by atoms with van der Waals surface area (Å²) in [6, 6.07) is 11.6. The lowest BCUT2D eigenvalue weighted by Gasteiger charge is -2.32. The highest BCUT2D eigenvalue weighted by Gasteiger charge is 2.41. The van der Waals surface area contributed by atoms with Crippen LogP contribution in [-0.2, 0) is 11.8 Å². The molecule has 154 valence electrons. The average molecular weight is 443 g/mol. The van der Waals surface area contributed by atoms with Crippen molar-refractivity contribution in [1.82, 2.24) is 15.1 Å².